The zero-order chi connectivity index (χ0) is 14.7. The zero-order valence-corrected chi connectivity index (χ0v) is 12.5. The first-order chi connectivity index (χ1) is 10.2. The van der Waals surface area contributed by atoms with Crippen molar-refractivity contribution in [3.63, 3.8) is 0 Å². The lowest BCUT2D eigenvalue weighted by Gasteiger charge is -2.04. The van der Waals surface area contributed by atoms with Crippen LogP contribution in [0.5, 0.6) is 0 Å². The van der Waals surface area contributed by atoms with E-state index >= 15 is 0 Å². The molecule has 3 aromatic rings. The summed E-state index contributed by atoms with van der Waals surface area (Å²) in [5.41, 5.74) is 1.24. The van der Waals surface area contributed by atoms with Crippen molar-refractivity contribution in [1.29, 1.82) is 0 Å². The van der Waals surface area contributed by atoms with E-state index in [1.807, 2.05) is 35.7 Å². The maximum Gasteiger partial charge on any atom is 0.269 e. The third-order valence-corrected chi connectivity index (χ3v) is 4.47. The van der Waals surface area contributed by atoms with Crippen molar-refractivity contribution in [3.05, 3.63) is 52.1 Å². The Balaban J connectivity index is 1.66. The first-order valence-corrected chi connectivity index (χ1v) is 8.04. The molecule has 21 heavy (non-hydrogen) atoms. The van der Waals surface area contributed by atoms with Gasteiger partial charge in [0.05, 0.1) is 11.3 Å². The molecule has 0 aliphatic carbocycles. The predicted molar refractivity (Wildman–Crippen MR) is 86.0 cm³/mol. The van der Waals surface area contributed by atoms with Crippen molar-refractivity contribution in [2.75, 3.05) is 11.1 Å². The van der Waals surface area contributed by atoms with E-state index in [1.54, 1.807) is 6.07 Å². The number of hydrogen-bond acceptors (Lipinski definition) is 5. The van der Waals surface area contributed by atoms with Gasteiger partial charge in [-0.1, -0.05) is 30.0 Å². The lowest BCUT2D eigenvalue weighted by Crippen LogP contribution is -2.15. The minimum atomic E-state index is -0.166. The molecule has 1 amide bonds. The highest BCUT2D eigenvalue weighted by atomic mass is 32.2. The molecule has 0 saturated carbocycles. The van der Waals surface area contributed by atoms with Gasteiger partial charge in [0.1, 0.15) is 4.70 Å². The molecule has 0 unspecified atom stereocenters. The van der Waals surface area contributed by atoms with Crippen LogP contribution in [0.4, 0.5) is 5.69 Å². The number of aromatic amines is 1. The summed E-state index contributed by atoms with van der Waals surface area (Å²) in [5, 5.41) is 5.06. The first-order valence-electron chi connectivity index (χ1n) is 6.17. The number of amides is 1. The number of anilines is 1. The molecule has 106 valence electrons. The fraction of sp³-hybridized carbons (Fsp3) is 0.0714. The van der Waals surface area contributed by atoms with Gasteiger partial charge in [-0.2, -0.15) is 0 Å². The Kier molecular flexibility index (Phi) is 4.03. The fourth-order valence-electron chi connectivity index (χ4n) is 1.77. The second-order valence-corrected chi connectivity index (χ2v) is 6.09. The lowest BCUT2D eigenvalue weighted by molar-refractivity contribution is -0.113. The summed E-state index contributed by atoms with van der Waals surface area (Å²) in [6, 6.07) is 11.0. The average Bonchev–Trinajstić information content (AvgIpc) is 2.95. The normalized spacial score (nSPS) is 10.7. The van der Waals surface area contributed by atoms with Crippen LogP contribution in [0.25, 0.3) is 10.2 Å². The molecule has 0 fully saturated rings. The molecule has 0 spiro atoms. The summed E-state index contributed by atoms with van der Waals surface area (Å²) in [6.45, 7) is 0. The van der Waals surface area contributed by atoms with Crippen molar-refractivity contribution >= 4 is 44.9 Å². The minimum Gasteiger partial charge on any atom is -0.325 e. The molecule has 1 aromatic carbocycles. The summed E-state index contributed by atoms with van der Waals surface area (Å²) in [7, 11) is 0. The van der Waals surface area contributed by atoms with Crippen LogP contribution in [-0.2, 0) is 4.79 Å². The smallest absolute Gasteiger partial charge is 0.269 e. The molecule has 0 aliphatic rings. The van der Waals surface area contributed by atoms with Crippen LogP contribution in [0.3, 0.4) is 0 Å². The molecule has 2 heterocycles. The van der Waals surface area contributed by atoms with E-state index < -0.39 is 0 Å². The molecule has 0 saturated heterocycles. The SMILES string of the molecule is O=C(CSc1nc2ccsc2c(=O)[nH]1)Nc1ccccc1. The molecule has 7 heteroatoms. The van der Waals surface area contributed by atoms with E-state index in [0.29, 0.717) is 15.4 Å². The largest absolute Gasteiger partial charge is 0.325 e. The standard InChI is InChI=1S/C14H11N3O2S2/c18-11(15-9-4-2-1-3-5-9)8-21-14-16-10-6-7-20-12(10)13(19)17-14/h1-7H,8H2,(H,15,18)(H,16,17,19). The number of thiophene rings is 1. The van der Waals surface area contributed by atoms with Crippen molar-refractivity contribution < 1.29 is 4.79 Å². The Morgan fingerprint density at radius 3 is 2.90 bits per heavy atom. The number of thioether (sulfide) groups is 1. The molecule has 2 aromatic heterocycles. The third kappa shape index (κ3) is 3.32. The van der Waals surface area contributed by atoms with E-state index in [-0.39, 0.29) is 17.2 Å². The summed E-state index contributed by atoms with van der Waals surface area (Å²) in [6.07, 6.45) is 0. The molecule has 0 bridgehead atoms. The van der Waals surface area contributed by atoms with Gasteiger partial charge >= 0.3 is 0 Å². The second kappa shape index (κ2) is 6.11. The molecule has 0 radical (unpaired) electrons. The van der Waals surface area contributed by atoms with Crippen LogP contribution >= 0.6 is 23.1 Å². The summed E-state index contributed by atoms with van der Waals surface area (Å²) in [5.74, 6) is 0.0484. The van der Waals surface area contributed by atoms with Gasteiger partial charge in [0.25, 0.3) is 5.56 Å². The van der Waals surface area contributed by atoms with Crippen molar-refractivity contribution in [1.82, 2.24) is 9.97 Å². The number of carbonyl (C=O) groups is 1. The second-order valence-electron chi connectivity index (χ2n) is 4.21. The summed E-state index contributed by atoms with van der Waals surface area (Å²) >= 11 is 2.56. The van der Waals surface area contributed by atoms with Crippen LogP contribution in [0.2, 0.25) is 0 Å². The number of para-hydroxylation sites is 1. The van der Waals surface area contributed by atoms with E-state index in [1.165, 1.54) is 23.1 Å². The molecular weight excluding hydrogens is 306 g/mol. The predicted octanol–water partition coefficient (Wildman–Crippen LogP) is 2.72. The molecule has 0 aliphatic heterocycles. The number of rotatable bonds is 4. The van der Waals surface area contributed by atoms with Crippen molar-refractivity contribution in [2.24, 2.45) is 0 Å². The molecular formula is C14H11N3O2S2. The molecule has 0 atom stereocenters. The van der Waals surface area contributed by atoms with Crippen LogP contribution < -0.4 is 10.9 Å². The van der Waals surface area contributed by atoms with Crippen LogP contribution in [-0.4, -0.2) is 21.6 Å². The van der Waals surface area contributed by atoms with Gasteiger partial charge in [0.2, 0.25) is 5.91 Å². The number of aromatic nitrogens is 2. The van der Waals surface area contributed by atoms with E-state index in [2.05, 4.69) is 15.3 Å². The number of carbonyl (C=O) groups excluding carboxylic acids is 1. The fourth-order valence-corrected chi connectivity index (χ4v) is 3.17. The van der Waals surface area contributed by atoms with Gasteiger partial charge in [0.15, 0.2) is 5.16 Å². The highest BCUT2D eigenvalue weighted by Crippen LogP contribution is 2.18. The van der Waals surface area contributed by atoms with Crippen molar-refractivity contribution in [3.8, 4) is 0 Å². The monoisotopic (exact) mass is 317 g/mol. The number of fused-ring (bicyclic) bond motifs is 1. The van der Waals surface area contributed by atoms with Gasteiger partial charge in [-0.25, -0.2) is 4.98 Å². The third-order valence-electron chi connectivity index (χ3n) is 2.69. The van der Waals surface area contributed by atoms with Gasteiger partial charge in [-0.15, -0.1) is 11.3 Å². The van der Waals surface area contributed by atoms with E-state index in [0.717, 1.165) is 5.69 Å². The highest BCUT2D eigenvalue weighted by Gasteiger charge is 2.08. The Morgan fingerprint density at radius 1 is 1.29 bits per heavy atom. The maximum atomic E-state index is 11.8. The molecule has 2 N–H and O–H groups in total. The van der Waals surface area contributed by atoms with Gasteiger partial charge in [0, 0.05) is 5.69 Å². The number of nitrogens with zero attached hydrogens (tertiary/aromatic N) is 1. The maximum absolute atomic E-state index is 11.8. The number of benzene rings is 1. The minimum absolute atomic E-state index is 0.140. The Hall–Kier alpha value is -2.12. The number of nitrogens with one attached hydrogen (secondary N) is 2. The Bertz CT molecular complexity index is 827. The average molecular weight is 317 g/mol. The van der Waals surface area contributed by atoms with Crippen molar-refractivity contribution in [2.45, 2.75) is 5.16 Å². The van der Waals surface area contributed by atoms with Crippen LogP contribution in [0.1, 0.15) is 0 Å². The van der Waals surface area contributed by atoms with E-state index in [9.17, 15) is 9.59 Å². The summed E-state index contributed by atoms with van der Waals surface area (Å²) < 4.78 is 0.605. The topological polar surface area (TPSA) is 74.8 Å². The van der Waals surface area contributed by atoms with Gasteiger partial charge in [-0.3, -0.25) is 9.59 Å². The quantitative estimate of drug-likeness (QED) is 0.573. The number of H-pyrrole nitrogens is 1. The van der Waals surface area contributed by atoms with E-state index in [4.69, 9.17) is 0 Å². The summed E-state index contributed by atoms with van der Waals surface area (Å²) in [4.78, 5) is 30.6. The first kappa shape index (κ1) is 13.8. The Labute approximate surface area is 128 Å². The highest BCUT2D eigenvalue weighted by molar-refractivity contribution is 7.99. The molecule has 3 rings (SSSR count). The lowest BCUT2D eigenvalue weighted by atomic mass is 10.3. The van der Waals surface area contributed by atoms with Gasteiger partial charge < -0.3 is 10.3 Å². The molecule has 5 nitrogen and oxygen atoms in total. The zero-order valence-electron chi connectivity index (χ0n) is 10.8. The van der Waals surface area contributed by atoms with Crippen LogP contribution in [0, 0.1) is 0 Å². The van der Waals surface area contributed by atoms with Crippen LogP contribution in [0.15, 0.2) is 51.7 Å². The number of hydrogen-bond donors (Lipinski definition) is 2. The van der Waals surface area contributed by atoms with Gasteiger partial charge in [-0.05, 0) is 23.6 Å². The Morgan fingerprint density at radius 2 is 2.10 bits per heavy atom.